The highest BCUT2D eigenvalue weighted by Gasteiger charge is 2.11. The molecule has 1 unspecified atom stereocenters. The van der Waals surface area contributed by atoms with E-state index in [9.17, 15) is 9.59 Å². The molecule has 2 aromatic heterocycles. The predicted octanol–water partition coefficient (Wildman–Crippen LogP) is 7.33. The second-order valence-electron chi connectivity index (χ2n) is 9.39. The van der Waals surface area contributed by atoms with Gasteiger partial charge in [0.2, 0.25) is 0 Å². The van der Waals surface area contributed by atoms with Crippen molar-refractivity contribution in [3.05, 3.63) is 59.2 Å². The first-order valence-electron chi connectivity index (χ1n) is 13.4. The van der Waals surface area contributed by atoms with E-state index in [-0.39, 0.29) is 17.5 Å². The summed E-state index contributed by atoms with van der Waals surface area (Å²) in [7, 11) is 0. The molecule has 0 saturated carbocycles. The Morgan fingerprint density at radius 1 is 0.917 bits per heavy atom. The molecule has 1 aromatic carbocycles. The quantitative estimate of drug-likeness (QED) is 0.153. The molecule has 0 aliphatic heterocycles. The van der Waals surface area contributed by atoms with Crippen molar-refractivity contribution in [1.29, 1.82) is 0 Å². The Balaban J connectivity index is 1.23. The van der Waals surface area contributed by atoms with Gasteiger partial charge in [-0.15, -0.1) is 0 Å². The van der Waals surface area contributed by atoms with Crippen molar-refractivity contribution < 1.29 is 18.7 Å². The molecule has 0 saturated heterocycles. The summed E-state index contributed by atoms with van der Waals surface area (Å²) >= 11 is 0. The van der Waals surface area contributed by atoms with Crippen LogP contribution in [0.25, 0.3) is 22.1 Å². The topological polar surface area (TPSA) is 78.6 Å². The van der Waals surface area contributed by atoms with Crippen LogP contribution in [0.1, 0.15) is 78.1 Å². The van der Waals surface area contributed by atoms with Crippen molar-refractivity contribution in [3.8, 4) is 16.9 Å². The normalized spacial score (nSPS) is 11.9. The summed E-state index contributed by atoms with van der Waals surface area (Å²) in [4.78, 5) is 27.9. The van der Waals surface area contributed by atoms with Gasteiger partial charge in [0.1, 0.15) is 5.75 Å². The third-order valence-corrected chi connectivity index (χ3v) is 6.52. The van der Waals surface area contributed by atoms with E-state index in [1.807, 2.05) is 50.2 Å². The minimum Gasteiger partial charge on any atom is -0.494 e. The Kier molecular flexibility index (Phi) is 11.5. The van der Waals surface area contributed by atoms with Crippen LogP contribution in [0.5, 0.6) is 5.75 Å². The minimum absolute atomic E-state index is 0.0140. The van der Waals surface area contributed by atoms with Crippen molar-refractivity contribution in [2.24, 2.45) is 5.92 Å². The Bertz CT molecular complexity index is 1120. The molecular formula is C30H39NO5. The van der Waals surface area contributed by atoms with Crippen LogP contribution in [0.3, 0.4) is 0 Å². The van der Waals surface area contributed by atoms with Gasteiger partial charge in [-0.25, -0.2) is 4.79 Å². The monoisotopic (exact) mass is 493 g/mol. The molecule has 1 atom stereocenters. The smallest absolute Gasteiger partial charge is 0.344 e. The Morgan fingerprint density at radius 2 is 1.56 bits per heavy atom. The van der Waals surface area contributed by atoms with Gasteiger partial charge in [-0.3, -0.25) is 9.78 Å². The highest BCUT2D eigenvalue weighted by atomic mass is 16.5. The van der Waals surface area contributed by atoms with E-state index in [0.29, 0.717) is 24.4 Å². The van der Waals surface area contributed by atoms with E-state index < -0.39 is 0 Å². The van der Waals surface area contributed by atoms with Crippen LogP contribution in [0.2, 0.25) is 0 Å². The van der Waals surface area contributed by atoms with Crippen LogP contribution in [0.4, 0.5) is 0 Å². The number of pyridine rings is 1. The maximum atomic E-state index is 12.3. The fourth-order valence-corrected chi connectivity index (χ4v) is 4.01. The number of aromatic nitrogens is 1. The van der Waals surface area contributed by atoms with Crippen LogP contribution < -0.4 is 10.4 Å². The zero-order valence-corrected chi connectivity index (χ0v) is 21.7. The number of nitrogens with zero attached hydrogens (tertiary/aromatic N) is 1. The van der Waals surface area contributed by atoms with Crippen molar-refractivity contribution in [2.45, 2.75) is 78.1 Å². The van der Waals surface area contributed by atoms with Gasteiger partial charge >= 0.3 is 11.6 Å². The average Bonchev–Trinajstić information content (AvgIpc) is 2.90. The molecule has 194 valence electrons. The summed E-state index contributed by atoms with van der Waals surface area (Å²) in [6.45, 7) is 5.18. The molecule has 6 nitrogen and oxygen atoms in total. The van der Waals surface area contributed by atoms with Crippen LogP contribution in [-0.4, -0.2) is 24.2 Å². The van der Waals surface area contributed by atoms with Crippen LogP contribution >= 0.6 is 0 Å². The molecule has 36 heavy (non-hydrogen) atoms. The molecule has 6 heteroatoms. The van der Waals surface area contributed by atoms with E-state index in [2.05, 4.69) is 4.98 Å². The molecule has 0 radical (unpaired) electrons. The fraction of sp³-hybridized carbons (Fsp3) is 0.500. The number of unbranched alkanes of at least 4 members (excludes halogenated alkanes) is 8. The van der Waals surface area contributed by atoms with Gasteiger partial charge < -0.3 is 13.9 Å². The number of hydrogen-bond acceptors (Lipinski definition) is 6. The minimum atomic E-state index is -0.369. The van der Waals surface area contributed by atoms with E-state index in [1.54, 1.807) is 12.4 Å². The molecular weight excluding hydrogens is 454 g/mol. The lowest BCUT2D eigenvalue weighted by Gasteiger charge is -2.09. The van der Waals surface area contributed by atoms with E-state index in [0.717, 1.165) is 48.8 Å². The SMILES string of the molecule is CCC(C)C(=O)OCCCCCCCCCCCOc1ccc(-c2cc3ccncc3oc2=O)cc1. The third-order valence-electron chi connectivity index (χ3n) is 6.52. The molecule has 0 spiro atoms. The van der Waals surface area contributed by atoms with Gasteiger partial charge in [0, 0.05) is 11.6 Å². The molecule has 2 heterocycles. The number of rotatable bonds is 16. The van der Waals surface area contributed by atoms with Crippen molar-refractivity contribution in [1.82, 2.24) is 4.98 Å². The van der Waals surface area contributed by atoms with Gasteiger partial charge in [-0.1, -0.05) is 70.9 Å². The molecule has 3 rings (SSSR count). The second-order valence-corrected chi connectivity index (χ2v) is 9.39. The van der Waals surface area contributed by atoms with Crippen LogP contribution in [0, 0.1) is 5.92 Å². The number of esters is 1. The maximum absolute atomic E-state index is 12.3. The Hall–Kier alpha value is -3.15. The summed E-state index contributed by atoms with van der Waals surface area (Å²) in [5.41, 5.74) is 1.46. The zero-order chi connectivity index (χ0) is 25.6. The zero-order valence-electron chi connectivity index (χ0n) is 21.7. The average molecular weight is 494 g/mol. The molecule has 0 fully saturated rings. The highest BCUT2D eigenvalue weighted by Crippen LogP contribution is 2.23. The number of benzene rings is 1. The Labute approximate surface area is 214 Å². The van der Waals surface area contributed by atoms with E-state index in [1.165, 1.54) is 32.1 Å². The number of hydrogen-bond donors (Lipinski definition) is 0. The van der Waals surface area contributed by atoms with Crippen molar-refractivity contribution in [3.63, 3.8) is 0 Å². The van der Waals surface area contributed by atoms with Crippen molar-refractivity contribution in [2.75, 3.05) is 13.2 Å². The summed E-state index contributed by atoms with van der Waals surface area (Å²) < 4.78 is 16.5. The number of carbonyl (C=O) groups excluding carboxylic acids is 1. The molecule has 0 bridgehead atoms. The van der Waals surface area contributed by atoms with Gasteiger partial charge in [-0.05, 0) is 49.1 Å². The van der Waals surface area contributed by atoms with Gasteiger partial charge in [0.05, 0.1) is 30.9 Å². The summed E-state index contributed by atoms with van der Waals surface area (Å²) in [6.07, 6.45) is 14.5. The number of carbonyl (C=O) groups is 1. The maximum Gasteiger partial charge on any atom is 0.344 e. The van der Waals surface area contributed by atoms with Gasteiger partial charge in [0.15, 0.2) is 5.58 Å². The summed E-state index contributed by atoms with van der Waals surface area (Å²) in [5.74, 6) is 0.759. The summed E-state index contributed by atoms with van der Waals surface area (Å²) in [5, 5.41) is 0.847. The van der Waals surface area contributed by atoms with Crippen LogP contribution in [-0.2, 0) is 9.53 Å². The van der Waals surface area contributed by atoms with Crippen molar-refractivity contribution >= 4 is 16.9 Å². The highest BCUT2D eigenvalue weighted by molar-refractivity contribution is 5.80. The second kappa shape index (κ2) is 15.1. The molecule has 0 N–H and O–H groups in total. The lowest BCUT2D eigenvalue weighted by atomic mass is 10.1. The first-order valence-corrected chi connectivity index (χ1v) is 13.4. The van der Waals surface area contributed by atoms with Crippen LogP contribution in [0.15, 0.2) is 58.0 Å². The molecule has 0 amide bonds. The largest absolute Gasteiger partial charge is 0.494 e. The third kappa shape index (κ3) is 8.81. The van der Waals surface area contributed by atoms with Gasteiger partial charge in [-0.2, -0.15) is 0 Å². The summed E-state index contributed by atoms with van der Waals surface area (Å²) in [6, 6.07) is 11.3. The number of fused-ring (bicyclic) bond motifs is 1. The first-order chi connectivity index (χ1) is 17.6. The van der Waals surface area contributed by atoms with Gasteiger partial charge in [0.25, 0.3) is 0 Å². The Morgan fingerprint density at radius 3 is 2.22 bits per heavy atom. The predicted molar refractivity (Wildman–Crippen MR) is 143 cm³/mol. The molecule has 3 aromatic rings. The first kappa shape index (κ1) is 27.4. The van der Waals surface area contributed by atoms with E-state index >= 15 is 0 Å². The molecule has 0 aliphatic rings. The standard InChI is InChI=1S/C30H39NO5/c1-3-23(2)29(32)35-20-12-10-8-6-4-5-7-9-11-19-34-26-15-13-24(14-16-26)27-21-25-17-18-31-22-28(25)36-30(27)33/h13-18,21-23H,3-12,19-20H2,1-2H3. The van der Waals surface area contributed by atoms with E-state index in [4.69, 9.17) is 13.9 Å². The molecule has 0 aliphatic carbocycles. The number of ether oxygens (including phenoxy) is 2. The lowest BCUT2D eigenvalue weighted by Crippen LogP contribution is -2.14. The lowest BCUT2D eigenvalue weighted by molar-refractivity contribution is -0.148. The fourth-order valence-electron chi connectivity index (χ4n) is 4.01.